The Bertz CT molecular complexity index is 497. The van der Waals surface area contributed by atoms with E-state index >= 15 is 0 Å². The molecule has 3 rings (SSSR count). The van der Waals surface area contributed by atoms with Crippen LogP contribution in [0.1, 0.15) is 12.8 Å². The number of ether oxygens (including phenoxy) is 1. The molecule has 0 aromatic carbocycles. The predicted molar refractivity (Wildman–Crippen MR) is 68.8 cm³/mol. The van der Waals surface area contributed by atoms with Crippen molar-refractivity contribution in [1.82, 2.24) is 4.98 Å². The van der Waals surface area contributed by atoms with E-state index in [9.17, 15) is 10.1 Å². The van der Waals surface area contributed by atoms with E-state index in [-0.39, 0.29) is 17.9 Å². The maximum Gasteiger partial charge on any atom is 0.311 e. The Morgan fingerprint density at radius 1 is 1.42 bits per heavy atom. The monoisotopic (exact) mass is 265 g/mol. The van der Waals surface area contributed by atoms with E-state index in [2.05, 4.69) is 10.4 Å². The van der Waals surface area contributed by atoms with Crippen molar-refractivity contribution in [3.05, 3.63) is 22.2 Å². The lowest BCUT2D eigenvalue weighted by Gasteiger charge is -2.32. The summed E-state index contributed by atoms with van der Waals surface area (Å²) in [5.41, 5.74) is 2.42. The molecule has 2 aliphatic heterocycles. The third-order valence-electron chi connectivity index (χ3n) is 3.54. The first-order chi connectivity index (χ1) is 9.17. The fourth-order valence-electron chi connectivity index (χ4n) is 2.68. The van der Waals surface area contributed by atoms with E-state index in [0.717, 1.165) is 12.8 Å². The number of nitrogens with one attached hydrogen (secondary N) is 1. The molecular formula is C11H15N5O3. The van der Waals surface area contributed by atoms with Crippen LogP contribution in [0.25, 0.3) is 0 Å². The van der Waals surface area contributed by atoms with Crippen LogP contribution in [-0.4, -0.2) is 35.2 Å². The van der Waals surface area contributed by atoms with E-state index in [1.807, 2.05) is 4.90 Å². The molecular weight excluding hydrogens is 250 g/mol. The molecule has 0 saturated carbocycles. The Morgan fingerprint density at radius 2 is 2.11 bits per heavy atom. The van der Waals surface area contributed by atoms with Gasteiger partial charge in [-0.05, 0) is 18.9 Å². The van der Waals surface area contributed by atoms with Gasteiger partial charge in [-0.2, -0.15) is 0 Å². The topological polar surface area (TPSA) is 107 Å². The number of nitro groups is 1. The van der Waals surface area contributed by atoms with Gasteiger partial charge in [-0.15, -0.1) is 0 Å². The zero-order chi connectivity index (χ0) is 13.4. The van der Waals surface area contributed by atoms with Gasteiger partial charge in [-0.25, -0.2) is 10.8 Å². The van der Waals surface area contributed by atoms with Crippen molar-refractivity contribution < 1.29 is 9.66 Å². The highest BCUT2D eigenvalue weighted by atomic mass is 16.6. The summed E-state index contributed by atoms with van der Waals surface area (Å²) in [7, 11) is 0. The number of hydrazine groups is 1. The molecule has 0 spiro atoms. The lowest BCUT2D eigenvalue weighted by atomic mass is 10.2. The van der Waals surface area contributed by atoms with Crippen LogP contribution in [0.2, 0.25) is 0 Å². The molecule has 1 aromatic heterocycles. The SMILES string of the molecule is NNc1ccc([N+](=O)[O-])c(N2CC3CCC(C2)O3)n1. The fourth-order valence-corrected chi connectivity index (χ4v) is 2.68. The molecule has 0 amide bonds. The number of nitrogens with zero attached hydrogens (tertiary/aromatic N) is 3. The van der Waals surface area contributed by atoms with Crippen LogP contribution < -0.4 is 16.2 Å². The lowest BCUT2D eigenvalue weighted by Crippen LogP contribution is -2.43. The number of hydrogen-bond acceptors (Lipinski definition) is 7. The molecule has 3 heterocycles. The number of anilines is 2. The van der Waals surface area contributed by atoms with Gasteiger partial charge in [0.15, 0.2) is 0 Å². The minimum absolute atomic E-state index is 0.000278. The first-order valence-electron chi connectivity index (χ1n) is 6.20. The standard InChI is InChI=1S/C11H15N5O3/c12-14-10-4-3-9(16(17)18)11(13-10)15-5-7-1-2-8(6-15)19-7/h3-4,7-8H,1-2,5-6,12H2,(H,13,14). The minimum Gasteiger partial charge on any atom is -0.371 e. The molecule has 8 heteroatoms. The number of pyridine rings is 1. The summed E-state index contributed by atoms with van der Waals surface area (Å²) in [4.78, 5) is 16.8. The van der Waals surface area contributed by atoms with Gasteiger partial charge in [0, 0.05) is 19.2 Å². The fraction of sp³-hybridized carbons (Fsp3) is 0.545. The molecule has 2 fully saturated rings. The van der Waals surface area contributed by atoms with Crippen LogP contribution in [0, 0.1) is 10.1 Å². The Kier molecular flexibility index (Phi) is 2.96. The van der Waals surface area contributed by atoms with Gasteiger partial charge in [0.2, 0.25) is 5.82 Å². The van der Waals surface area contributed by atoms with Crippen molar-refractivity contribution in [2.24, 2.45) is 5.84 Å². The molecule has 2 bridgehead atoms. The van der Waals surface area contributed by atoms with E-state index < -0.39 is 4.92 Å². The molecule has 2 unspecified atom stereocenters. The number of nitrogens with two attached hydrogens (primary N) is 1. The van der Waals surface area contributed by atoms with Crippen LogP contribution >= 0.6 is 0 Å². The normalized spacial score (nSPS) is 25.4. The molecule has 19 heavy (non-hydrogen) atoms. The summed E-state index contributed by atoms with van der Waals surface area (Å²) >= 11 is 0. The largest absolute Gasteiger partial charge is 0.371 e. The summed E-state index contributed by atoms with van der Waals surface area (Å²) in [5, 5.41) is 11.1. The van der Waals surface area contributed by atoms with Crippen molar-refractivity contribution in [2.75, 3.05) is 23.4 Å². The number of aromatic nitrogens is 1. The van der Waals surface area contributed by atoms with Gasteiger partial charge in [0.25, 0.3) is 0 Å². The number of fused-ring (bicyclic) bond motifs is 2. The average molecular weight is 265 g/mol. The minimum atomic E-state index is -0.417. The van der Waals surface area contributed by atoms with Gasteiger partial charge in [-0.3, -0.25) is 10.1 Å². The average Bonchev–Trinajstić information content (AvgIpc) is 2.76. The number of nitrogen functional groups attached to an aromatic ring is 1. The van der Waals surface area contributed by atoms with Gasteiger partial charge >= 0.3 is 5.69 Å². The Balaban J connectivity index is 1.95. The molecule has 2 saturated heterocycles. The quantitative estimate of drug-likeness (QED) is 0.469. The summed E-state index contributed by atoms with van der Waals surface area (Å²) < 4.78 is 5.73. The highest BCUT2D eigenvalue weighted by molar-refractivity contribution is 5.62. The molecule has 1 aromatic rings. The summed E-state index contributed by atoms with van der Waals surface area (Å²) in [6.45, 7) is 1.27. The van der Waals surface area contributed by atoms with Crippen molar-refractivity contribution in [3.8, 4) is 0 Å². The zero-order valence-electron chi connectivity index (χ0n) is 10.3. The van der Waals surface area contributed by atoms with E-state index in [1.165, 1.54) is 12.1 Å². The lowest BCUT2D eigenvalue weighted by molar-refractivity contribution is -0.384. The van der Waals surface area contributed by atoms with Crippen molar-refractivity contribution in [2.45, 2.75) is 25.0 Å². The smallest absolute Gasteiger partial charge is 0.311 e. The third kappa shape index (κ3) is 2.20. The molecule has 0 aliphatic carbocycles. The summed E-state index contributed by atoms with van der Waals surface area (Å²) in [6.07, 6.45) is 2.30. The molecule has 2 atom stereocenters. The summed E-state index contributed by atoms with van der Waals surface area (Å²) in [6, 6.07) is 2.92. The maximum absolute atomic E-state index is 11.1. The van der Waals surface area contributed by atoms with Crippen LogP contribution in [0.3, 0.4) is 0 Å². The van der Waals surface area contributed by atoms with E-state index in [1.54, 1.807) is 0 Å². The second kappa shape index (κ2) is 4.63. The zero-order valence-corrected chi connectivity index (χ0v) is 10.3. The molecule has 102 valence electrons. The first-order valence-corrected chi connectivity index (χ1v) is 6.20. The second-order valence-corrected chi connectivity index (χ2v) is 4.80. The van der Waals surface area contributed by atoms with E-state index in [0.29, 0.717) is 24.7 Å². The highest BCUT2D eigenvalue weighted by Gasteiger charge is 2.36. The van der Waals surface area contributed by atoms with Crippen LogP contribution in [-0.2, 0) is 4.74 Å². The van der Waals surface area contributed by atoms with Crippen LogP contribution in [0.5, 0.6) is 0 Å². The maximum atomic E-state index is 11.1. The number of hydrogen-bond donors (Lipinski definition) is 2. The first kappa shape index (κ1) is 12.1. The Labute approximate surface area is 109 Å². The van der Waals surface area contributed by atoms with Gasteiger partial charge in [0.05, 0.1) is 17.1 Å². The summed E-state index contributed by atoms with van der Waals surface area (Å²) in [5.74, 6) is 6.09. The Hall–Kier alpha value is -1.93. The van der Waals surface area contributed by atoms with Crippen molar-refractivity contribution in [1.29, 1.82) is 0 Å². The molecule has 3 N–H and O–H groups in total. The molecule has 0 radical (unpaired) electrons. The van der Waals surface area contributed by atoms with Gasteiger partial charge in [0.1, 0.15) is 5.82 Å². The van der Waals surface area contributed by atoms with Gasteiger partial charge < -0.3 is 15.1 Å². The second-order valence-electron chi connectivity index (χ2n) is 4.80. The third-order valence-corrected chi connectivity index (χ3v) is 3.54. The van der Waals surface area contributed by atoms with Gasteiger partial charge in [-0.1, -0.05) is 0 Å². The molecule has 8 nitrogen and oxygen atoms in total. The Morgan fingerprint density at radius 3 is 2.68 bits per heavy atom. The number of rotatable bonds is 3. The van der Waals surface area contributed by atoms with Crippen LogP contribution in [0.15, 0.2) is 12.1 Å². The molecule has 2 aliphatic rings. The van der Waals surface area contributed by atoms with E-state index in [4.69, 9.17) is 10.6 Å². The van der Waals surface area contributed by atoms with Crippen LogP contribution in [0.4, 0.5) is 17.3 Å². The van der Waals surface area contributed by atoms with Crippen molar-refractivity contribution >= 4 is 17.3 Å². The number of morpholine rings is 1. The van der Waals surface area contributed by atoms with Crippen molar-refractivity contribution in [3.63, 3.8) is 0 Å². The highest BCUT2D eigenvalue weighted by Crippen LogP contribution is 2.33. The predicted octanol–water partition coefficient (Wildman–Crippen LogP) is 0.643.